The number of carboxylic acid groups (broad SMARTS) is 1. The molecule has 1 N–H and O–H groups in total. The molecule has 6 nitrogen and oxygen atoms in total. The largest absolute Gasteiger partial charge is 0.479 e. The van der Waals surface area contributed by atoms with E-state index in [1.165, 1.54) is 6.20 Å². The van der Waals surface area contributed by atoms with Crippen LogP contribution in [-0.2, 0) is 65.5 Å². The molecule has 0 aliphatic heterocycles. The number of aliphatic carboxylic acids is 1. The van der Waals surface area contributed by atoms with E-state index in [4.69, 9.17) is 5.11 Å². The van der Waals surface area contributed by atoms with Crippen molar-refractivity contribution in [2.45, 2.75) is 56.0 Å². The monoisotopic (exact) mass is 1140 g/mol. The summed E-state index contributed by atoms with van der Waals surface area (Å²) in [5.74, 6) is -1.91. The van der Waals surface area contributed by atoms with Gasteiger partial charge < -0.3 is 9.84 Å². The Labute approximate surface area is 414 Å². The van der Waals surface area contributed by atoms with Crippen LogP contribution in [0.1, 0.15) is 60.6 Å². The lowest BCUT2D eigenvalue weighted by molar-refractivity contribution is -0.691. The maximum Gasteiger partial charge on any atom is 0.416 e. The minimum atomic E-state index is -6.13. The van der Waals surface area contributed by atoms with E-state index in [9.17, 15) is 115 Å². The molecule has 0 unspecified atom stereocenters. The zero-order valence-electron chi connectivity index (χ0n) is 37.2. The highest BCUT2D eigenvalue weighted by Gasteiger charge is 2.47. The molecule has 0 bridgehead atoms. The Hall–Kier alpha value is -7.50. The highest BCUT2D eigenvalue weighted by molar-refractivity contribution is 7.20. The zero-order valence-corrected chi connectivity index (χ0v) is 37.2. The number of nitrogens with zero attached hydrogens (tertiary/aromatic N) is 2. The first-order valence-corrected chi connectivity index (χ1v) is 20.5. The number of hydrogen-bond acceptors (Lipinski definition) is 4. The van der Waals surface area contributed by atoms with Gasteiger partial charge in [-0.2, -0.15) is 132 Å². The van der Waals surface area contributed by atoms with Gasteiger partial charge in [0.15, 0.2) is 19.3 Å². The van der Waals surface area contributed by atoms with Crippen LogP contribution in [0.4, 0.5) is 105 Å². The highest BCUT2D eigenvalue weighted by atomic mass is 19.4. The predicted molar refractivity (Wildman–Crippen MR) is 218 cm³/mol. The second kappa shape index (κ2) is 21.1. The van der Waals surface area contributed by atoms with E-state index < -0.39 is 213 Å². The molecule has 0 radical (unpaired) electrons. The van der Waals surface area contributed by atoms with Gasteiger partial charge in [0.05, 0.1) is 50.7 Å². The number of esters is 1. The van der Waals surface area contributed by atoms with Crippen molar-refractivity contribution in [2.24, 2.45) is 0 Å². The number of benzene rings is 5. The summed E-state index contributed by atoms with van der Waals surface area (Å²) < 4.78 is 347. The fraction of sp³-hybridized carbons (Fsp3) is 0.217. The molecule has 6 aromatic rings. The highest BCUT2D eigenvalue weighted by Crippen LogP contribution is 2.41. The van der Waals surface area contributed by atoms with Gasteiger partial charge in [-0.3, -0.25) is 4.98 Å². The SMILES string of the molecule is FC(F)(F)c1cc([B-](c2cc(C(F)(F)F)cc(C(F)(F)F)c2)(c2cc(C(F)(F)F)cc(C(F)(F)F)c2)c2cc(C(F)(F)F)cc(C(F)(F)F)c2)cc(C(F)(F)F)c1.O=C(O)COC(=O)c1cncc[n+]1Cc1ccccc1. The number of aromatic nitrogens is 2. The number of carboxylic acids is 1. The van der Waals surface area contributed by atoms with Crippen molar-refractivity contribution in [3.05, 3.63) is 177 Å². The van der Waals surface area contributed by atoms with Crippen LogP contribution in [0.15, 0.2) is 122 Å². The van der Waals surface area contributed by atoms with Crippen LogP contribution in [0.2, 0.25) is 0 Å². The van der Waals surface area contributed by atoms with Crippen molar-refractivity contribution in [2.75, 3.05) is 6.61 Å². The number of ether oxygens (including phenoxy) is 1. The summed E-state index contributed by atoms with van der Waals surface area (Å²) in [5.41, 5.74) is -29.0. The lowest BCUT2D eigenvalue weighted by Gasteiger charge is -2.46. The third-order valence-electron chi connectivity index (χ3n) is 11.0. The predicted octanol–water partition coefficient (Wildman–Crippen LogP) is 11.9. The Bertz CT molecular complexity index is 2680. The minimum absolute atomic E-state index is 0.206. The van der Waals surface area contributed by atoms with Crippen LogP contribution in [-0.4, -0.2) is 34.8 Å². The van der Waals surface area contributed by atoms with Gasteiger partial charge in [0.2, 0.25) is 0 Å². The first kappa shape index (κ1) is 60.4. The van der Waals surface area contributed by atoms with Gasteiger partial charge in [0.25, 0.3) is 0 Å². The number of alkyl halides is 24. The second-order valence-electron chi connectivity index (χ2n) is 16.3. The molecule has 31 heteroatoms. The lowest BCUT2D eigenvalue weighted by atomic mass is 9.12. The summed E-state index contributed by atoms with van der Waals surface area (Å²) in [6, 6.07) is 0.760. The number of carbonyl (C=O) groups is 2. The maximum absolute atomic E-state index is 14.2. The topological polar surface area (TPSA) is 80.4 Å². The average molecular weight is 1140 g/mol. The molecule has 0 saturated carbocycles. The third kappa shape index (κ3) is 14.5. The van der Waals surface area contributed by atoms with Crippen molar-refractivity contribution in [1.82, 2.24) is 4.98 Å². The lowest BCUT2D eigenvalue weighted by Crippen LogP contribution is -2.75. The number of rotatable bonds is 9. The fourth-order valence-electron chi connectivity index (χ4n) is 7.75. The summed E-state index contributed by atoms with van der Waals surface area (Å²) >= 11 is 0. The van der Waals surface area contributed by atoms with Crippen LogP contribution in [0.25, 0.3) is 0 Å². The van der Waals surface area contributed by atoms with E-state index >= 15 is 0 Å². The van der Waals surface area contributed by atoms with Gasteiger partial charge in [-0.25, -0.2) is 9.59 Å². The molecule has 0 amide bonds. The molecule has 0 aliphatic carbocycles. The normalized spacial score (nSPS) is 13.2. The summed E-state index contributed by atoms with van der Waals surface area (Å²) in [6.07, 6.45) is -50.3. The summed E-state index contributed by atoms with van der Waals surface area (Å²) in [5, 5.41) is 8.51. The Kier molecular flexibility index (Phi) is 16.6. The maximum atomic E-state index is 14.2. The molecular weight excluding hydrogens is 1110 g/mol. The van der Waals surface area contributed by atoms with E-state index in [0.717, 1.165) is 5.56 Å². The van der Waals surface area contributed by atoms with Gasteiger partial charge >= 0.3 is 67.0 Å². The Balaban J connectivity index is 0.000000455. The first-order valence-electron chi connectivity index (χ1n) is 20.5. The molecule has 1 heterocycles. The van der Waals surface area contributed by atoms with Crippen molar-refractivity contribution in [3.8, 4) is 0 Å². The van der Waals surface area contributed by atoms with Crippen molar-refractivity contribution in [1.29, 1.82) is 0 Å². The van der Waals surface area contributed by atoms with E-state index in [1.807, 2.05) is 30.3 Å². The first-order chi connectivity index (χ1) is 34.9. The Morgan fingerprint density at radius 3 is 0.961 bits per heavy atom. The van der Waals surface area contributed by atoms with E-state index in [0.29, 0.717) is 6.54 Å². The summed E-state index contributed by atoms with van der Waals surface area (Å²) in [4.78, 5) is 26.1. The number of carbonyl (C=O) groups excluding carboxylic acids is 1. The van der Waals surface area contributed by atoms with Crippen molar-refractivity contribution in [3.63, 3.8) is 0 Å². The van der Waals surface area contributed by atoms with Gasteiger partial charge in [0, 0.05) is 5.56 Å². The molecule has 77 heavy (non-hydrogen) atoms. The molecule has 1 aromatic heterocycles. The Morgan fingerprint density at radius 1 is 0.442 bits per heavy atom. The Morgan fingerprint density at radius 2 is 0.714 bits per heavy atom. The number of hydrogen-bond donors (Lipinski definition) is 1. The van der Waals surface area contributed by atoms with Gasteiger partial charge in [0.1, 0.15) is 12.3 Å². The fourth-order valence-corrected chi connectivity index (χ4v) is 7.75. The van der Waals surface area contributed by atoms with Crippen molar-refractivity contribution < 1.29 is 129 Å². The van der Waals surface area contributed by atoms with Crippen LogP contribution in [0.5, 0.6) is 0 Å². The van der Waals surface area contributed by atoms with Crippen LogP contribution in [0, 0.1) is 0 Å². The molecule has 6 rings (SSSR count). The number of halogens is 24. The van der Waals surface area contributed by atoms with E-state index in [-0.39, 0.29) is 5.69 Å². The van der Waals surface area contributed by atoms with Crippen molar-refractivity contribution >= 4 is 39.9 Å². The molecule has 0 aliphatic rings. The molecular formula is C46H25BF24N2O4. The second-order valence-corrected chi connectivity index (χ2v) is 16.3. The van der Waals surface area contributed by atoms with Crippen LogP contribution >= 0.6 is 0 Å². The van der Waals surface area contributed by atoms with E-state index in [2.05, 4.69) is 9.72 Å². The zero-order chi connectivity index (χ0) is 58.3. The van der Waals surface area contributed by atoms with E-state index in [1.54, 1.807) is 17.0 Å². The minimum Gasteiger partial charge on any atom is -0.479 e. The third-order valence-corrected chi connectivity index (χ3v) is 11.0. The summed E-state index contributed by atoms with van der Waals surface area (Å²) in [6.45, 7) is -0.195. The average Bonchev–Trinajstić information content (AvgIpc) is 3.29. The van der Waals surface area contributed by atoms with Crippen LogP contribution in [0.3, 0.4) is 0 Å². The quantitative estimate of drug-likeness (QED) is 0.0675. The molecule has 414 valence electrons. The van der Waals surface area contributed by atoms with Gasteiger partial charge in [-0.15, -0.1) is 0 Å². The molecule has 5 aromatic carbocycles. The standard InChI is InChI=1S/C32H12BF24.C14H12N2O4/c34-25(35,36)13-1-14(26(37,38)39)6-21(5-13)33(22-7-15(27(40,41)42)2-16(8-22)28(43,44)45,23-9-17(29(46,47)48)3-18(10-23)30(49,50)51)24-11-19(31(52,53)54)4-20(12-24)32(55,56)57;17-13(18)10-20-14(19)12-8-15-6-7-16(12)9-11-4-2-1-3-5-11/h1-12H;1-8H,9-10H2/q-1;/p+1. The smallest absolute Gasteiger partial charge is 0.416 e. The molecule has 0 spiro atoms. The van der Waals surface area contributed by atoms with Crippen LogP contribution < -0.4 is 26.4 Å². The molecule has 0 saturated heterocycles. The van der Waals surface area contributed by atoms with Gasteiger partial charge in [-0.1, -0.05) is 78.9 Å². The van der Waals surface area contributed by atoms with Gasteiger partial charge in [-0.05, 0) is 24.3 Å². The molecule has 0 fully saturated rings. The summed E-state index contributed by atoms with van der Waals surface area (Å²) in [7, 11) is 0. The molecule has 0 atom stereocenters.